The lowest BCUT2D eigenvalue weighted by molar-refractivity contribution is -0.0534. The standard InChI is InChI=1S/C13H21N3O4/c1-18-6-4-16-5-7-19-12(8-16)10-20-13-14-3-2-11(9-17)15-13/h2-3,12,17H,4-10H2,1H3/t12-/m0/s1. The van der Waals surface area contributed by atoms with E-state index in [1.54, 1.807) is 19.4 Å². The lowest BCUT2D eigenvalue weighted by Gasteiger charge is -2.32. The molecule has 1 fully saturated rings. The molecule has 7 heteroatoms. The Morgan fingerprint density at radius 1 is 1.55 bits per heavy atom. The molecule has 0 saturated carbocycles. The fourth-order valence-corrected chi connectivity index (χ4v) is 2.01. The van der Waals surface area contributed by atoms with Gasteiger partial charge in [0.25, 0.3) is 0 Å². The minimum absolute atomic E-state index is 0.00184. The van der Waals surface area contributed by atoms with Crippen molar-refractivity contribution in [3.05, 3.63) is 18.0 Å². The van der Waals surface area contributed by atoms with Crippen LogP contribution in [0, 0.1) is 0 Å². The third-order valence-electron chi connectivity index (χ3n) is 3.09. The minimum Gasteiger partial charge on any atom is -0.461 e. The minimum atomic E-state index is -0.121. The molecule has 20 heavy (non-hydrogen) atoms. The second-order valence-electron chi connectivity index (χ2n) is 4.59. The lowest BCUT2D eigenvalue weighted by atomic mass is 10.3. The fraction of sp³-hybridized carbons (Fsp3) is 0.692. The van der Waals surface area contributed by atoms with Gasteiger partial charge in [0.2, 0.25) is 0 Å². The zero-order chi connectivity index (χ0) is 14.2. The van der Waals surface area contributed by atoms with Gasteiger partial charge in [-0.1, -0.05) is 0 Å². The number of rotatable bonds is 7. The molecule has 112 valence electrons. The number of hydrogen-bond donors (Lipinski definition) is 1. The van der Waals surface area contributed by atoms with Crippen LogP contribution in [0.3, 0.4) is 0 Å². The molecule has 2 heterocycles. The van der Waals surface area contributed by atoms with E-state index >= 15 is 0 Å². The average Bonchev–Trinajstić information content (AvgIpc) is 2.51. The topological polar surface area (TPSA) is 76.9 Å². The molecule has 0 amide bonds. The summed E-state index contributed by atoms with van der Waals surface area (Å²) in [5.74, 6) is 0. The summed E-state index contributed by atoms with van der Waals surface area (Å²) in [5, 5.41) is 9.01. The number of methoxy groups -OCH3 is 1. The molecule has 1 saturated heterocycles. The van der Waals surface area contributed by atoms with Gasteiger partial charge in [-0.25, -0.2) is 4.98 Å². The number of nitrogens with zero attached hydrogens (tertiary/aromatic N) is 3. The summed E-state index contributed by atoms with van der Waals surface area (Å²) in [7, 11) is 1.70. The van der Waals surface area contributed by atoms with Crippen molar-refractivity contribution in [2.45, 2.75) is 12.7 Å². The molecule has 0 unspecified atom stereocenters. The van der Waals surface area contributed by atoms with E-state index in [4.69, 9.17) is 19.3 Å². The van der Waals surface area contributed by atoms with Crippen LogP contribution < -0.4 is 4.74 Å². The highest BCUT2D eigenvalue weighted by molar-refractivity contribution is 5.04. The molecule has 7 nitrogen and oxygen atoms in total. The van der Waals surface area contributed by atoms with Gasteiger partial charge in [-0.05, 0) is 6.07 Å². The quantitative estimate of drug-likeness (QED) is 0.736. The maximum Gasteiger partial charge on any atom is 0.316 e. The summed E-state index contributed by atoms with van der Waals surface area (Å²) in [6, 6.07) is 1.92. The van der Waals surface area contributed by atoms with E-state index in [9.17, 15) is 0 Å². The van der Waals surface area contributed by atoms with Crippen LogP contribution in [0.15, 0.2) is 12.3 Å². The van der Waals surface area contributed by atoms with Crippen molar-refractivity contribution in [3.8, 4) is 6.01 Å². The van der Waals surface area contributed by atoms with Gasteiger partial charge in [0.1, 0.15) is 12.7 Å². The molecule has 0 bridgehead atoms. The van der Waals surface area contributed by atoms with E-state index in [1.165, 1.54) is 0 Å². The van der Waals surface area contributed by atoms with Gasteiger partial charge in [-0.3, -0.25) is 4.90 Å². The highest BCUT2D eigenvalue weighted by Crippen LogP contribution is 2.08. The molecule has 1 aromatic rings. The van der Waals surface area contributed by atoms with E-state index in [1.807, 2.05) is 0 Å². The molecular weight excluding hydrogens is 262 g/mol. The van der Waals surface area contributed by atoms with Gasteiger partial charge in [0.05, 0.1) is 25.5 Å². The SMILES string of the molecule is COCCN1CCO[C@H](COc2nccc(CO)n2)C1. The van der Waals surface area contributed by atoms with Gasteiger partial charge in [-0.2, -0.15) is 4.98 Å². The van der Waals surface area contributed by atoms with Crippen LogP contribution in [-0.4, -0.2) is 72.6 Å². The zero-order valence-electron chi connectivity index (χ0n) is 11.7. The van der Waals surface area contributed by atoms with E-state index in [0.29, 0.717) is 18.9 Å². The third kappa shape index (κ3) is 4.68. The zero-order valence-corrected chi connectivity index (χ0v) is 11.7. The first-order chi connectivity index (χ1) is 9.81. The first-order valence-corrected chi connectivity index (χ1v) is 6.70. The molecule has 1 aliphatic heterocycles. The van der Waals surface area contributed by atoms with Crippen LogP contribution in [0.1, 0.15) is 5.69 Å². The number of morpholine rings is 1. The molecule has 0 aliphatic carbocycles. The van der Waals surface area contributed by atoms with E-state index in [0.717, 1.165) is 26.2 Å². The molecule has 1 aromatic heterocycles. The molecule has 1 atom stereocenters. The van der Waals surface area contributed by atoms with Crippen LogP contribution in [-0.2, 0) is 16.1 Å². The van der Waals surface area contributed by atoms with Gasteiger partial charge in [0, 0.05) is 32.9 Å². The summed E-state index contributed by atoms with van der Waals surface area (Å²) in [5.41, 5.74) is 0.543. The predicted molar refractivity (Wildman–Crippen MR) is 71.5 cm³/mol. The van der Waals surface area contributed by atoms with Gasteiger partial charge >= 0.3 is 6.01 Å². The van der Waals surface area contributed by atoms with E-state index in [2.05, 4.69) is 14.9 Å². The maximum atomic E-state index is 9.01. The smallest absolute Gasteiger partial charge is 0.316 e. The second kappa shape index (κ2) is 8.11. The van der Waals surface area contributed by atoms with Crippen molar-refractivity contribution >= 4 is 0 Å². The molecule has 0 spiro atoms. The van der Waals surface area contributed by atoms with Crippen LogP contribution in [0.25, 0.3) is 0 Å². The van der Waals surface area contributed by atoms with Crippen molar-refractivity contribution in [2.24, 2.45) is 0 Å². The monoisotopic (exact) mass is 283 g/mol. The maximum absolute atomic E-state index is 9.01. The first kappa shape index (κ1) is 15.1. The van der Waals surface area contributed by atoms with Crippen molar-refractivity contribution < 1.29 is 19.3 Å². The Morgan fingerprint density at radius 3 is 3.25 bits per heavy atom. The molecule has 1 aliphatic rings. The third-order valence-corrected chi connectivity index (χ3v) is 3.09. The molecule has 0 radical (unpaired) electrons. The number of ether oxygens (including phenoxy) is 3. The second-order valence-corrected chi connectivity index (χ2v) is 4.59. The van der Waals surface area contributed by atoms with Crippen molar-refractivity contribution in [2.75, 3.05) is 46.6 Å². The summed E-state index contributed by atoms with van der Waals surface area (Å²) in [6.07, 6.45) is 1.57. The molecular formula is C13H21N3O4. The number of aliphatic hydroxyl groups excluding tert-OH is 1. The Kier molecular flexibility index (Phi) is 6.13. The van der Waals surface area contributed by atoms with Crippen molar-refractivity contribution in [1.82, 2.24) is 14.9 Å². The van der Waals surface area contributed by atoms with Crippen LogP contribution >= 0.6 is 0 Å². The summed E-state index contributed by atoms with van der Waals surface area (Å²) >= 11 is 0. The lowest BCUT2D eigenvalue weighted by Crippen LogP contribution is -2.46. The summed E-state index contributed by atoms with van der Waals surface area (Å²) in [6.45, 7) is 4.30. The van der Waals surface area contributed by atoms with Gasteiger partial charge in [0.15, 0.2) is 0 Å². The van der Waals surface area contributed by atoms with E-state index < -0.39 is 0 Å². The Hall–Kier alpha value is -1.28. The average molecular weight is 283 g/mol. The Balaban J connectivity index is 1.77. The Bertz CT molecular complexity index is 405. The van der Waals surface area contributed by atoms with Crippen LogP contribution in [0.4, 0.5) is 0 Å². The van der Waals surface area contributed by atoms with Crippen molar-refractivity contribution in [1.29, 1.82) is 0 Å². The first-order valence-electron chi connectivity index (χ1n) is 6.70. The normalized spacial score (nSPS) is 20.0. The molecule has 2 rings (SSSR count). The summed E-state index contributed by atoms with van der Waals surface area (Å²) in [4.78, 5) is 10.4. The number of aliphatic hydroxyl groups is 1. The predicted octanol–water partition coefficient (Wildman–Crippen LogP) is -0.305. The largest absolute Gasteiger partial charge is 0.461 e. The fourth-order valence-electron chi connectivity index (χ4n) is 2.01. The van der Waals surface area contributed by atoms with Crippen LogP contribution in [0.5, 0.6) is 6.01 Å². The van der Waals surface area contributed by atoms with Gasteiger partial charge < -0.3 is 19.3 Å². The number of hydrogen-bond acceptors (Lipinski definition) is 7. The van der Waals surface area contributed by atoms with Crippen LogP contribution in [0.2, 0.25) is 0 Å². The van der Waals surface area contributed by atoms with E-state index in [-0.39, 0.29) is 18.7 Å². The highest BCUT2D eigenvalue weighted by atomic mass is 16.5. The Labute approximate surface area is 118 Å². The van der Waals surface area contributed by atoms with Crippen molar-refractivity contribution in [3.63, 3.8) is 0 Å². The van der Waals surface area contributed by atoms with Gasteiger partial charge in [-0.15, -0.1) is 0 Å². The number of aromatic nitrogens is 2. The summed E-state index contributed by atoms with van der Waals surface area (Å²) < 4.78 is 16.3. The highest BCUT2D eigenvalue weighted by Gasteiger charge is 2.21. The Morgan fingerprint density at radius 2 is 2.45 bits per heavy atom. The molecule has 1 N–H and O–H groups in total. The molecule has 0 aromatic carbocycles.